The van der Waals surface area contributed by atoms with Crippen molar-refractivity contribution in [2.45, 2.75) is 18.8 Å². The Kier molecular flexibility index (Phi) is 3.27. The smallest absolute Gasteiger partial charge is 0.272 e. The summed E-state index contributed by atoms with van der Waals surface area (Å²) in [7, 11) is 0. The molecule has 1 saturated heterocycles. The molecule has 3 heterocycles. The molecular weight excluding hydrogens is 276 g/mol. The van der Waals surface area contributed by atoms with E-state index in [0.29, 0.717) is 11.6 Å². The Labute approximate surface area is 128 Å². The summed E-state index contributed by atoms with van der Waals surface area (Å²) in [6, 6.07) is 11.7. The summed E-state index contributed by atoms with van der Waals surface area (Å²) >= 11 is 0. The van der Waals surface area contributed by atoms with Crippen LogP contribution in [0.15, 0.2) is 47.4 Å². The van der Waals surface area contributed by atoms with E-state index in [-0.39, 0.29) is 5.56 Å². The number of aromatic amines is 1. The van der Waals surface area contributed by atoms with Gasteiger partial charge in [0.2, 0.25) is 0 Å². The molecule has 5 heteroatoms. The predicted molar refractivity (Wildman–Crippen MR) is 86.1 cm³/mol. The van der Waals surface area contributed by atoms with E-state index in [4.69, 9.17) is 4.98 Å². The molecule has 0 radical (unpaired) electrons. The van der Waals surface area contributed by atoms with Gasteiger partial charge in [-0.05, 0) is 24.9 Å². The molecule has 112 valence electrons. The standard InChI is InChI=1S/C17H18N4O/c22-16-9-15(13-7-4-8-18-10-13)20-17-14(11-19-21(16)17)12-5-2-1-3-6-12/h1-3,5-6,9,11,13,18-19H,4,7-8,10H2. The van der Waals surface area contributed by atoms with Gasteiger partial charge in [-0.3, -0.25) is 9.89 Å². The SMILES string of the molecule is O=c1cc(C2CCCNC2)nc2c(-c3ccccc3)c[nH]n12. The molecule has 5 nitrogen and oxygen atoms in total. The number of fused-ring (bicyclic) bond motifs is 1. The summed E-state index contributed by atoms with van der Waals surface area (Å²) in [4.78, 5) is 17.1. The van der Waals surface area contributed by atoms with Gasteiger partial charge in [-0.25, -0.2) is 9.50 Å². The Morgan fingerprint density at radius 2 is 2.09 bits per heavy atom. The predicted octanol–water partition coefficient (Wildman–Crippen LogP) is 2.16. The molecule has 1 aromatic carbocycles. The topological polar surface area (TPSA) is 62.2 Å². The number of hydrogen-bond donors (Lipinski definition) is 2. The molecule has 1 aliphatic rings. The van der Waals surface area contributed by atoms with Gasteiger partial charge in [-0.1, -0.05) is 30.3 Å². The van der Waals surface area contributed by atoms with Crippen LogP contribution in [-0.2, 0) is 0 Å². The van der Waals surface area contributed by atoms with Crippen molar-refractivity contribution in [3.05, 3.63) is 58.6 Å². The maximum atomic E-state index is 12.4. The largest absolute Gasteiger partial charge is 0.316 e. The Balaban J connectivity index is 1.86. The lowest BCUT2D eigenvalue weighted by Gasteiger charge is -2.22. The first-order valence-corrected chi connectivity index (χ1v) is 7.70. The minimum atomic E-state index is -0.0484. The summed E-state index contributed by atoms with van der Waals surface area (Å²) in [5, 5.41) is 6.40. The van der Waals surface area contributed by atoms with Gasteiger partial charge in [0.1, 0.15) is 0 Å². The molecule has 0 aliphatic carbocycles. The number of aromatic nitrogens is 3. The van der Waals surface area contributed by atoms with E-state index in [2.05, 4.69) is 10.4 Å². The quantitative estimate of drug-likeness (QED) is 0.761. The molecule has 1 aliphatic heterocycles. The third kappa shape index (κ3) is 2.23. The van der Waals surface area contributed by atoms with Crippen molar-refractivity contribution in [2.75, 3.05) is 13.1 Å². The number of nitrogens with zero attached hydrogens (tertiary/aromatic N) is 2. The molecule has 4 rings (SSSR count). The minimum absolute atomic E-state index is 0.0484. The van der Waals surface area contributed by atoms with E-state index in [1.54, 1.807) is 6.07 Å². The van der Waals surface area contributed by atoms with Gasteiger partial charge in [0.25, 0.3) is 5.56 Å². The number of H-pyrrole nitrogens is 1. The fourth-order valence-electron chi connectivity index (χ4n) is 3.14. The average molecular weight is 294 g/mol. The highest BCUT2D eigenvalue weighted by Crippen LogP contribution is 2.25. The Hall–Kier alpha value is -2.40. The number of rotatable bonds is 2. The van der Waals surface area contributed by atoms with Gasteiger partial charge in [-0.15, -0.1) is 0 Å². The number of benzene rings is 1. The molecule has 0 bridgehead atoms. The summed E-state index contributed by atoms with van der Waals surface area (Å²) in [5.74, 6) is 0.324. The lowest BCUT2D eigenvalue weighted by atomic mass is 9.96. The molecule has 2 aromatic heterocycles. The molecule has 1 atom stereocenters. The summed E-state index contributed by atoms with van der Waals surface area (Å²) in [6.07, 6.45) is 4.06. The van der Waals surface area contributed by atoms with Crippen LogP contribution in [0.25, 0.3) is 16.8 Å². The van der Waals surface area contributed by atoms with E-state index in [1.807, 2.05) is 36.5 Å². The van der Waals surface area contributed by atoms with Crippen LogP contribution in [0.2, 0.25) is 0 Å². The zero-order valence-electron chi connectivity index (χ0n) is 12.2. The first kappa shape index (κ1) is 13.3. The van der Waals surface area contributed by atoms with Crippen LogP contribution in [0, 0.1) is 0 Å². The molecule has 0 saturated carbocycles. The van der Waals surface area contributed by atoms with E-state index >= 15 is 0 Å². The number of piperidine rings is 1. The third-order valence-corrected chi connectivity index (χ3v) is 4.32. The summed E-state index contributed by atoms with van der Waals surface area (Å²) < 4.78 is 1.52. The van der Waals surface area contributed by atoms with E-state index in [0.717, 1.165) is 42.8 Å². The van der Waals surface area contributed by atoms with Gasteiger partial charge in [0, 0.05) is 30.3 Å². The summed E-state index contributed by atoms with van der Waals surface area (Å²) in [5.41, 5.74) is 3.58. The van der Waals surface area contributed by atoms with E-state index < -0.39 is 0 Å². The zero-order valence-corrected chi connectivity index (χ0v) is 12.2. The highest BCUT2D eigenvalue weighted by atomic mass is 16.1. The Morgan fingerprint density at radius 3 is 2.86 bits per heavy atom. The van der Waals surface area contributed by atoms with E-state index in [9.17, 15) is 4.79 Å². The number of hydrogen-bond acceptors (Lipinski definition) is 3. The van der Waals surface area contributed by atoms with Crippen LogP contribution in [0.1, 0.15) is 24.5 Å². The fourth-order valence-corrected chi connectivity index (χ4v) is 3.14. The zero-order chi connectivity index (χ0) is 14.9. The summed E-state index contributed by atoms with van der Waals surface area (Å²) in [6.45, 7) is 1.95. The Morgan fingerprint density at radius 1 is 1.23 bits per heavy atom. The van der Waals surface area contributed by atoms with Gasteiger partial charge >= 0.3 is 0 Å². The highest BCUT2D eigenvalue weighted by molar-refractivity contribution is 5.76. The lowest BCUT2D eigenvalue weighted by Crippen LogP contribution is -2.30. The third-order valence-electron chi connectivity index (χ3n) is 4.32. The molecule has 2 N–H and O–H groups in total. The first-order chi connectivity index (χ1) is 10.8. The van der Waals surface area contributed by atoms with Crippen LogP contribution in [0.3, 0.4) is 0 Å². The van der Waals surface area contributed by atoms with Gasteiger partial charge in [0.05, 0.1) is 5.69 Å². The number of nitrogens with one attached hydrogen (secondary N) is 2. The molecule has 3 aromatic rings. The second kappa shape index (κ2) is 5.42. The van der Waals surface area contributed by atoms with Crippen molar-refractivity contribution in [1.82, 2.24) is 19.9 Å². The van der Waals surface area contributed by atoms with Crippen molar-refractivity contribution >= 4 is 5.65 Å². The van der Waals surface area contributed by atoms with Crippen molar-refractivity contribution in [3.8, 4) is 11.1 Å². The van der Waals surface area contributed by atoms with E-state index in [1.165, 1.54) is 4.52 Å². The van der Waals surface area contributed by atoms with Gasteiger partial charge in [-0.2, -0.15) is 0 Å². The van der Waals surface area contributed by atoms with Crippen molar-refractivity contribution < 1.29 is 0 Å². The van der Waals surface area contributed by atoms with Crippen LogP contribution in [0.4, 0.5) is 0 Å². The fraction of sp³-hybridized carbons (Fsp3) is 0.294. The van der Waals surface area contributed by atoms with Crippen molar-refractivity contribution in [1.29, 1.82) is 0 Å². The van der Waals surface area contributed by atoms with Gasteiger partial charge < -0.3 is 5.32 Å². The average Bonchev–Trinajstić information content (AvgIpc) is 3.01. The molecule has 0 amide bonds. The molecule has 0 spiro atoms. The molecule has 1 unspecified atom stereocenters. The first-order valence-electron chi connectivity index (χ1n) is 7.70. The minimum Gasteiger partial charge on any atom is -0.316 e. The Bertz CT molecular complexity index is 844. The van der Waals surface area contributed by atoms with Crippen LogP contribution >= 0.6 is 0 Å². The van der Waals surface area contributed by atoms with Crippen molar-refractivity contribution in [3.63, 3.8) is 0 Å². The molecule has 22 heavy (non-hydrogen) atoms. The second-order valence-electron chi connectivity index (χ2n) is 5.77. The second-order valence-corrected chi connectivity index (χ2v) is 5.77. The van der Waals surface area contributed by atoms with Crippen LogP contribution in [0.5, 0.6) is 0 Å². The monoisotopic (exact) mass is 294 g/mol. The van der Waals surface area contributed by atoms with Crippen molar-refractivity contribution in [2.24, 2.45) is 0 Å². The normalized spacial score (nSPS) is 18.6. The molecule has 1 fully saturated rings. The maximum Gasteiger partial charge on any atom is 0.272 e. The lowest BCUT2D eigenvalue weighted by molar-refractivity contribution is 0.454. The van der Waals surface area contributed by atoms with Gasteiger partial charge in [0.15, 0.2) is 5.65 Å². The molecular formula is C17H18N4O. The van der Waals surface area contributed by atoms with Crippen LogP contribution in [-0.4, -0.2) is 27.7 Å². The van der Waals surface area contributed by atoms with Crippen LogP contribution < -0.4 is 10.9 Å². The maximum absolute atomic E-state index is 12.4. The highest BCUT2D eigenvalue weighted by Gasteiger charge is 2.19.